The zero-order chi connectivity index (χ0) is 16.0. The van der Waals surface area contributed by atoms with Crippen LogP contribution in [0.15, 0.2) is 24.3 Å². The largest absolute Gasteiger partial charge is 0.376 e. The van der Waals surface area contributed by atoms with Crippen LogP contribution in [0.1, 0.15) is 24.0 Å². The summed E-state index contributed by atoms with van der Waals surface area (Å²) in [5.41, 5.74) is 0.725. The van der Waals surface area contributed by atoms with E-state index in [-0.39, 0.29) is 11.9 Å². The molecule has 0 aromatic heterocycles. The van der Waals surface area contributed by atoms with Gasteiger partial charge in [-0.25, -0.2) is 8.42 Å². The maximum Gasteiger partial charge on any atom is 0.235 e. The van der Waals surface area contributed by atoms with Crippen LogP contribution in [0.2, 0.25) is 0 Å². The van der Waals surface area contributed by atoms with Gasteiger partial charge in [-0.15, -0.1) is 0 Å². The first-order chi connectivity index (χ1) is 10.5. The third-order valence-corrected chi connectivity index (χ3v) is 4.87. The molecule has 1 aliphatic rings. The molecule has 2 rings (SSSR count). The highest BCUT2D eigenvalue weighted by molar-refractivity contribution is 7.91. The fourth-order valence-corrected chi connectivity index (χ4v) is 3.66. The monoisotopic (exact) mass is 322 g/mol. The zero-order valence-electron chi connectivity index (χ0n) is 12.1. The minimum atomic E-state index is -3.62. The van der Waals surface area contributed by atoms with E-state index in [1.807, 2.05) is 6.07 Å². The van der Waals surface area contributed by atoms with Crippen molar-refractivity contribution < 1.29 is 17.9 Å². The highest BCUT2D eigenvalue weighted by Crippen LogP contribution is 2.13. The van der Waals surface area contributed by atoms with Gasteiger partial charge >= 0.3 is 0 Å². The van der Waals surface area contributed by atoms with E-state index in [0.29, 0.717) is 24.3 Å². The summed E-state index contributed by atoms with van der Waals surface area (Å²) in [4.78, 5) is 11.7. The molecule has 1 atom stereocenters. The number of ether oxygens (including phenoxy) is 1. The van der Waals surface area contributed by atoms with Crippen LogP contribution in [0.5, 0.6) is 0 Å². The number of amides is 1. The number of hydrogen-bond donors (Lipinski definition) is 1. The Morgan fingerprint density at radius 3 is 2.86 bits per heavy atom. The molecule has 1 unspecified atom stereocenters. The van der Waals surface area contributed by atoms with Gasteiger partial charge in [-0.05, 0) is 24.5 Å². The molecule has 0 radical (unpaired) electrons. The van der Waals surface area contributed by atoms with Gasteiger partial charge in [0.15, 0.2) is 9.84 Å². The van der Waals surface area contributed by atoms with Crippen LogP contribution in [0.25, 0.3) is 0 Å². The van der Waals surface area contributed by atoms with Crippen LogP contribution in [0.3, 0.4) is 0 Å². The summed E-state index contributed by atoms with van der Waals surface area (Å²) in [5.74, 6) is -1.44. The van der Waals surface area contributed by atoms with Gasteiger partial charge in [0.2, 0.25) is 5.91 Å². The molecule has 0 aliphatic carbocycles. The fraction of sp³-hybridized carbons (Fsp3) is 0.467. The lowest BCUT2D eigenvalue weighted by Crippen LogP contribution is -2.36. The predicted molar refractivity (Wildman–Crippen MR) is 80.6 cm³/mol. The Balaban J connectivity index is 1.90. The number of nitrogens with zero attached hydrogens (tertiary/aromatic N) is 1. The van der Waals surface area contributed by atoms with E-state index in [1.165, 1.54) is 0 Å². The van der Waals surface area contributed by atoms with Crippen LogP contribution >= 0.6 is 0 Å². The van der Waals surface area contributed by atoms with E-state index in [9.17, 15) is 13.2 Å². The van der Waals surface area contributed by atoms with Crippen LogP contribution in [0.4, 0.5) is 0 Å². The molecule has 1 amide bonds. The van der Waals surface area contributed by atoms with Crippen molar-refractivity contribution in [3.8, 4) is 6.07 Å². The summed E-state index contributed by atoms with van der Waals surface area (Å²) in [5, 5.41) is 11.6. The number of carbonyl (C=O) groups is 1. The highest BCUT2D eigenvalue weighted by atomic mass is 32.2. The molecule has 6 nitrogen and oxygen atoms in total. The quantitative estimate of drug-likeness (QED) is 0.834. The van der Waals surface area contributed by atoms with E-state index in [2.05, 4.69) is 5.32 Å². The lowest BCUT2D eigenvalue weighted by molar-refractivity contribution is -0.119. The van der Waals surface area contributed by atoms with Gasteiger partial charge < -0.3 is 10.1 Å². The molecule has 1 fully saturated rings. The first-order valence-corrected chi connectivity index (χ1v) is 8.89. The minimum Gasteiger partial charge on any atom is -0.376 e. The molecular formula is C15H18N2O4S. The van der Waals surface area contributed by atoms with E-state index in [1.54, 1.807) is 24.3 Å². The molecule has 1 aromatic rings. The number of hydrogen-bond acceptors (Lipinski definition) is 5. The zero-order valence-corrected chi connectivity index (χ0v) is 12.9. The van der Waals surface area contributed by atoms with Crippen molar-refractivity contribution >= 4 is 15.7 Å². The Labute approximate surface area is 130 Å². The van der Waals surface area contributed by atoms with E-state index >= 15 is 0 Å². The Morgan fingerprint density at radius 2 is 2.18 bits per heavy atom. The molecular weight excluding hydrogens is 304 g/mol. The fourth-order valence-electron chi connectivity index (χ4n) is 2.33. The third-order valence-electron chi connectivity index (χ3n) is 3.42. The maximum absolute atomic E-state index is 12.1. The number of nitriles is 1. The molecule has 1 heterocycles. The second kappa shape index (κ2) is 7.38. The summed E-state index contributed by atoms with van der Waals surface area (Å²) >= 11 is 0. The van der Waals surface area contributed by atoms with Crippen molar-refractivity contribution in [3.63, 3.8) is 0 Å². The van der Waals surface area contributed by atoms with Gasteiger partial charge in [-0.2, -0.15) is 5.26 Å². The lowest BCUT2D eigenvalue weighted by Gasteiger charge is -2.11. The summed E-state index contributed by atoms with van der Waals surface area (Å²) in [7, 11) is -3.62. The van der Waals surface area contributed by atoms with Crippen LogP contribution in [-0.2, 0) is 25.1 Å². The van der Waals surface area contributed by atoms with Crippen molar-refractivity contribution in [2.75, 3.05) is 18.9 Å². The summed E-state index contributed by atoms with van der Waals surface area (Å²) < 4.78 is 29.5. The molecule has 22 heavy (non-hydrogen) atoms. The second-order valence-electron chi connectivity index (χ2n) is 5.24. The normalized spacial score (nSPS) is 17.9. The van der Waals surface area contributed by atoms with Crippen LogP contribution < -0.4 is 5.32 Å². The lowest BCUT2D eigenvalue weighted by atomic mass is 10.1. The van der Waals surface area contributed by atoms with Gasteiger partial charge in [-0.3, -0.25) is 4.79 Å². The number of benzene rings is 1. The number of rotatable bonds is 6. The number of nitrogens with one attached hydrogen (secondary N) is 1. The van der Waals surface area contributed by atoms with Gasteiger partial charge in [0.05, 0.1) is 23.5 Å². The average molecular weight is 322 g/mol. The van der Waals surface area contributed by atoms with E-state index in [0.717, 1.165) is 12.8 Å². The summed E-state index contributed by atoms with van der Waals surface area (Å²) in [6.45, 7) is 1.02. The highest BCUT2D eigenvalue weighted by Gasteiger charge is 2.21. The van der Waals surface area contributed by atoms with Crippen molar-refractivity contribution in [1.29, 1.82) is 5.26 Å². The maximum atomic E-state index is 12.1. The second-order valence-corrected chi connectivity index (χ2v) is 7.30. The van der Waals surface area contributed by atoms with E-state index in [4.69, 9.17) is 10.00 Å². The molecule has 7 heteroatoms. The Kier molecular flexibility index (Phi) is 5.52. The van der Waals surface area contributed by atoms with Crippen molar-refractivity contribution in [2.45, 2.75) is 24.7 Å². The first-order valence-electron chi connectivity index (χ1n) is 7.07. The molecule has 1 aromatic carbocycles. The first kappa shape index (κ1) is 16.5. The molecule has 1 N–H and O–H groups in total. The van der Waals surface area contributed by atoms with Crippen molar-refractivity contribution in [3.05, 3.63) is 35.4 Å². The van der Waals surface area contributed by atoms with Crippen molar-refractivity contribution in [2.24, 2.45) is 0 Å². The molecule has 0 spiro atoms. The summed E-state index contributed by atoms with van der Waals surface area (Å²) in [6.07, 6.45) is 1.82. The molecule has 0 saturated carbocycles. The molecule has 1 aliphatic heterocycles. The van der Waals surface area contributed by atoms with Crippen LogP contribution in [0, 0.1) is 11.3 Å². The predicted octanol–water partition coefficient (Wildman–Crippen LogP) is 0.768. The standard InChI is InChI=1S/C15H18N2O4S/c16-8-12-4-1-2-5-13(12)10-22(19,20)11-15(18)17-9-14-6-3-7-21-14/h1-2,4-5,14H,3,6-7,9-11H2,(H,17,18). The Morgan fingerprint density at radius 1 is 1.41 bits per heavy atom. The summed E-state index contributed by atoms with van der Waals surface area (Å²) in [6, 6.07) is 8.43. The number of sulfone groups is 1. The van der Waals surface area contributed by atoms with Gasteiger partial charge in [0.25, 0.3) is 0 Å². The van der Waals surface area contributed by atoms with Gasteiger partial charge in [0, 0.05) is 13.2 Å². The average Bonchev–Trinajstić information content (AvgIpc) is 2.98. The van der Waals surface area contributed by atoms with Crippen molar-refractivity contribution in [1.82, 2.24) is 5.32 Å². The van der Waals surface area contributed by atoms with Gasteiger partial charge in [-0.1, -0.05) is 18.2 Å². The SMILES string of the molecule is N#Cc1ccccc1CS(=O)(=O)CC(=O)NCC1CCCO1. The van der Waals surface area contributed by atoms with E-state index < -0.39 is 21.5 Å². The topological polar surface area (TPSA) is 96.3 Å². The Bertz CT molecular complexity index is 673. The minimum absolute atomic E-state index is 0.0223. The van der Waals surface area contributed by atoms with Crippen LogP contribution in [-0.4, -0.2) is 39.3 Å². The molecule has 118 valence electrons. The smallest absolute Gasteiger partial charge is 0.235 e. The molecule has 0 bridgehead atoms. The molecule has 1 saturated heterocycles. The Hall–Kier alpha value is -1.91. The number of carbonyl (C=O) groups excluding carboxylic acids is 1. The van der Waals surface area contributed by atoms with Gasteiger partial charge in [0.1, 0.15) is 5.75 Å². The third kappa shape index (κ3) is 4.83.